The van der Waals surface area contributed by atoms with Crippen LogP contribution in [0.2, 0.25) is 0 Å². The van der Waals surface area contributed by atoms with Crippen LogP contribution in [-0.4, -0.2) is 21.5 Å². The van der Waals surface area contributed by atoms with Crippen molar-refractivity contribution in [2.24, 2.45) is 0 Å². The molecule has 2 aromatic heterocycles. The number of hydrogen-bond donors (Lipinski definition) is 2. The molecule has 3 rings (SSSR count). The Labute approximate surface area is 143 Å². The lowest BCUT2D eigenvalue weighted by Crippen LogP contribution is -2.06. The number of unbranched alkanes of at least 4 members (excludes halogenated alkanes) is 2. The maximum atomic E-state index is 4.58. The number of fused-ring (bicyclic) bond motifs is 1. The SMILES string of the molecule is CCCC/C=C/c1cncc(NCCc2c[nH]c3ccccc23)n1. The number of benzene rings is 1. The van der Waals surface area contributed by atoms with E-state index in [1.807, 2.05) is 6.08 Å². The molecule has 0 aliphatic carbocycles. The Bertz CT molecular complexity index is 804. The third-order valence-electron chi connectivity index (χ3n) is 4.04. The zero-order chi connectivity index (χ0) is 16.6. The van der Waals surface area contributed by atoms with Crippen molar-refractivity contribution >= 4 is 22.8 Å². The van der Waals surface area contributed by atoms with Gasteiger partial charge in [0.1, 0.15) is 5.82 Å². The summed E-state index contributed by atoms with van der Waals surface area (Å²) < 4.78 is 0. The lowest BCUT2D eigenvalue weighted by molar-refractivity contribution is 0.816. The quantitative estimate of drug-likeness (QED) is 0.585. The number of nitrogens with zero attached hydrogens (tertiary/aromatic N) is 2. The maximum Gasteiger partial charge on any atom is 0.145 e. The van der Waals surface area contributed by atoms with Crippen molar-refractivity contribution in [3.8, 4) is 0 Å². The van der Waals surface area contributed by atoms with E-state index in [0.29, 0.717) is 0 Å². The molecular weight excluding hydrogens is 296 g/mol. The molecule has 4 nitrogen and oxygen atoms in total. The molecular formula is C20H24N4. The summed E-state index contributed by atoms with van der Waals surface area (Å²) in [7, 11) is 0. The van der Waals surface area contributed by atoms with Gasteiger partial charge in [-0.2, -0.15) is 0 Å². The number of anilines is 1. The fourth-order valence-corrected chi connectivity index (χ4v) is 2.74. The van der Waals surface area contributed by atoms with Crippen LogP contribution in [0.5, 0.6) is 0 Å². The minimum atomic E-state index is 0.826. The van der Waals surface area contributed by atoms with Crippen LogP contribution in [0.15, 0.2) is 48.9 Å². The van der Waals surface area contributed by atoms with Crippen molar-refractivity contribution < 1.29 is 0 Å². The van der Waals surface area contributed by atoms with Crippen LogP contribution in [0, 0.1) is 0 Å². The molecule has 0 amide bonds. The summed E-state index contributed by atoms with van der Waals surface area (Å²) in [5.41, 5.74) is 3.41. The molecule has 0 fully saturated rings. The van der Waals surface area contributed by atoms with E-state index in [9.17, 15) is 0 Å². The molecule has 0 aliphatic heterocycles. The summed E-state index contributed by atoms with van der Waals surface area (Å²) in [6, 6.07) is 8.39. The van der Waals surface area contributed by atoms with E-state index in [2.05, 4.69) is 63.7 Å². The number of aromatic amines is 1. The number of para-hydroxylation sites is 1. The van der Waals surface area contributed by atoms with Crippen molar-refractivity contribution in [2.45, 2.75) is 32.6 Å². The molecule has 2 N–H and O–H groups in total. The monoisotopic (exact) mass is 320 g/mol. The Morgan fingerprint density at radius 1 is 1.21 bits per heavy atom. The highest BCUT2D eigenvalue weighted by Crippen LogP contribution is 2.18. The van der Waals surface area contributed by atoms with Gasteiger partial charge in [-0.1, -0.05) is 44.0 Å². The van der Waals surface area contributed by atoms with Gasteiger partial charge in [0.15, 0.2) is 0 Å². The molecule has 1 aromatic carbocycles. The van der Waals surface area contributed by atoms with Gasteiger partial charge in [0.2, 0.25) is 0 Å². The van der Waals surface area contributed by atoms with Crippen LogP contribution >= 0.6 is 0 Å². The number of aromatic nitrogens is 3. The van der Waals surface area contributed by atoms with Gasteiger partial charge in [0, 0.05) is 23.6 Å². The summed E-state index contributed by atoms with van der Waals surface area (Å²) in [6.07, 6.45) is 14.4. The third-order valence-corrected chi connectivity index (χ3v) is 4.04. The minimum Gasteiger partial charge on any atom is -0.368 e. The van der Waals surface area contributed by atoms with E-state index >= 15 is 0 Å². The number of hydrogen-bond acceptors (Lipinski definition) is 3. The molecule has 3 aromatic rings. The summed E-state index contributed by atoms with van der Waals surface area (Å²) in [4.78, 5) is 12.2. The molecule has 0 bridgehead atoms. The van der Waals surface area contributed by atoms with Crippen LogP contribution in [0.25, 0.3) is 17.0 Å². The van der Waals surface area contributed by atoms with Gasteiger partial charge >= 0.3 is 0 Å². The van der Waals surface area contributed by atoms with Gasteiger partial charge in [-0.25, -0.2) is 4.98 Å². The van der Waals surface area contributed by atoms with Gasteiger partial charge in [0.05, 0.1) is 18.1 Å². The molecule has 0 radical (unpaired) electrons. The summed E-state index contributed by atoms with van der Waals surface area (Å²) in [5.74, 6) is 0.826. The number of rotatable bonds is 8. The van der Waals surface area contributed by atoms with Crippen LogP contribution < -0.4 is 5.32 Å². The first-order valence-electron chi connectivity index (χ1n) is 8.64. The summed E-state index contributed by atoms with van der Waals surface area (Å²) in [5, 5.41) is 4.66. The lowest BCUT2D eigenvalue weighted by atomic mass is 10.1. The van der Waals surface area contributed by atoms with E-state index in [4.69, 9.17) is 0 Å². The first kappa shape index (κ1) is 16.2. The zero-order valence-corrected chi connectivity index (χ0v) is 14.1. The van der Waals surface area contributed by atoms with Crippen LogP contribution in [0.4, 0.5) is 5.82 Å². The molecule has 24 heavy (non-hydrogen) atoms. The second-order valence-corrected chi connectivity index (χ2v) is 5.91. The number of allylic oxidation sites excluding steroid dienone is 1. The highest BCUT2D eigenvalue weighted by molar-refractivity contribution is 5.83. The molecule has 0 atom stereocenters. The largest absolute Gasteiger partial charge is 0.368 e. The highest BCUT2D eigenvalue weighted by atomic mass is 15.0. The smallest absolute Gasteiger partial charge is 0.145 e. The molecule has 0 spiro atoms. The average Bonchev–Trinajstić information content (AvgIpc) is 3.03. The Kier molecular flexibility index (Phi) is 5.61. The van der Waals surface area contributed by atoms with Crippen molar-refractivity contribution in [3.63, 3.8) is 0 Å². The normalized spacial score (nSPS) is 11.4. The predicted molar refractivity (Wildman–Crippen MR) is 101 cm³/mol. The first-order valence-corrected chi connectivity index (χ1v) is 8.64. The fourth-order valence-electron chi connectivity index (χ4n) is 2.74. The van der Waals surface area contributed by atoms with Crippen molar-refractivity contribution in [2.75, 3.05) is 11.9 Å². The van der Waals surface area contributed by atoms with E-state index in [1.165, 1.54) is 29.3 Å². The van der Waals surface area contributed by atoms with Crippen molar-refractivity contribution in [1.82, 2.24) is 15.0 Å². The fraction of sp³-hybridized carbons (Fsp3) is 0.300. The van der Waals surface area contributed by atoms with Gasteiger partial charge in [-0.05, 0) is 30.5 Å². The van der Waals surface area contributed by atoms with E-state index < -0.39 is 0 Å². The van der Waals surface area contributed by atoms with Crippen LogP contribution in [0.3, 0.4) is 0 Å². The van der Waals surface area contributed by atoms with Crippen molar-refractivity contribution in [1.29, 1.82) is 0 Å². The number of nitrogens with one attached hydrogen (secondary N) is 2. The van der Waals surface area contributed by atoms with Crippen molar-refractivity contribution in [3.05, 3.63) is 60.2 Å². The third kappa shape index (κ3) is 4.22. The Hall–Kier alpha value is -2.62. The van der Waals surface area contributed by atoms with E-state index in [1.54, 1.807) is 12.4 Å². The molecule has 2 heterocycles. The molecule has 4 heteroatoms. The minimum absolute atomic E-state index is 0.826. The molecule has 0 saturated carbocycles. The van der Waals surface area contributed by atoms with Crippen LogP contribution in [0.1, 0.15) is 37.4 Å². The standard InChI is InChI=1S/C20H24N4/c1-2-3-4-5-8-17-14-21-15-20(24-17)22-12-11-16-13-23-19-10-7-6-9-18(16)19/h5-10,13-15,23H,2-4,11-12H2,1H3,(H,22,24)/b8-5+. The summed E-state index contributed by atoms with van der Waals surface area (Å²) in [6.45, 7) is 3.03. The zero-order valence-electron chi connectivity index (χ0n) is 14.1. The highest BCUT2D eigenvalue weighted by Gasteiger charge is 2.03. The van der Waals surface area contributed by atoms with Gasteiger partial charge in [-0.3, -0.25) is 4.98 Å². The van der Waals surface area contributed by atoms with Gasteiger partial charge < -0.3 is 10.3 Å². The maximum absolute atomic E-state index is 4.58. The molecule has 0 unspecified atom stereocenters. The van der Waals surface area contributed by atoms with E-state index in [-0.39, 0.29) is 0 Å². The molecule has 0 saturated heterocycles. The molecule has 124 valence electrons. The van der Waals surface area contributed by atoms with Crippen LogP contribution in [-0.2, 0) is 6.42 Å². The van der Waals surface area contributed by atoms with Gasteiger partial charge in [-0.15, -0.1) is 0 Å². The Morgan fingerprint density at radius 3 is 3.04 bits per heavy atom. The van der Waals surface area contributed by atoms with Gasteiger partial charge in [0.25, 0.3) is 0 Å². The lowest BCUT2D eigenvalue weighted by Gasteiger charge is -2.05. The summed E-state index contributed by atoms with van der Waals surface area (Å²) >= 11 is 0. The second kappa shape index (κ2) is 8.29. The predicted octanol–water partition coefficient (Wildman–Crippen LogP) is 4.82. The topological polar surface area (TPSA) is 53.6 Å². The number of H-pyrrole nitrogens is 1. The Morgan fingerprint density at radius 2 is 2.12 bits per heavy atom. The average molecular weight is 320 g/mol. The first-order chi connectivity index (χ1) is 11.9. The molecule has 0 aliphatic rings. The Balaban J connectivity index is 1.56. The second-order valence-electron chi connectivity index (χ2n) is 5.91. The van der Waals surface area contributed by atoms with E-state index in [0.717, 1.165) is 30.9 Å².